The summed E-state index contributed by atoms with van der Waals surface area (Å²) in [4.78, 5) is 14.1. The monoisotopic (exact) mass is 286 g/mol. The van der Waals surface area contributed by atoms with Crippen LogP contribution in [0.15, 0.2) is 18.2 Å². The lowest BCUT2D eigenvalue weighted by Gasteiger charge is -2.26. The summed E-state index contributed by atoms with van der Waals surface area (Å²) in [5.41, 5.74) is 1.66. The normalized spacial score (nSPS) is 18.7. The number of rotatable bonds is 3. The third-order valence-electron chi connectivity index (χ3n) is 4.20. The molecular formula is C17H22N2O2. The molecule has 0 aromatic heterocycles. The van der Waals surface area contributed by atoms with E-state index in [1.54, 1.807) is 13.2 Å². The summed E-state index contributed by atoms with van der Waals surface area (Å²) in [5.74, 6) is 1.16. The standard InChI is InChI=1S/C17H22N2O2/c1-17(2,3)14-8-16(20)19(11-14)10-12-5-6-13(9-18)15(7-12)21-4/h5-7,14H,8,10-11H2,1-4H3. The topological polar surface area (TPSA) is 53.3 Å². The predicted molar refractivity (Wildman–Crippen MR) is 80.7 cm³/mol. The van der Waals surface area contributed by atoms with E-state index >= 15 is 0 Å². The van der Waals surface area contributed by atoms with Crippen LogP contribution in [0.25, 0.3) is 0 Å². The fourth-order valence-electron chi connectivity index (χ4n) is 2.65. The van der Waals surface area contributed by atoms with Gasteiger partial charge in [0.25, 0.3) is 0 Å². The van der Waals surface area contributed by atoms with E-state index in [1.807, 2.05) is 17.0 Å². The molecule has 0 spiro atoms. The molecule has 21 heavy (non-hydrogen) atoms. The minimum atomic E-state index is 0.146. The smallest absolute Gasteiger partial charge is 0.223 e. The Balaban J connectivity index is 2.12. The summed E-state index contributed by atoms with van der Waals surface area (Å²) >= 11 is 0. The number of ether oxygens (including phenoxy) is 1. The number of likely N-dealkylation sites (tertiary alicyclic amines) is 1. The van der Waals surface area contributed by atoms with Gasteiger partial charge in [-0.15, -0.1) is 0 Å². The first kappa shape index (κ1) is 15.4. The Labute approximate surface area is 126 Å². The minimum absolute atomic E-state index is 0.146. The number of hydrogen-bond donors (Lipinski definition) is 0. The first-order valence-corrected chi connectivity index (χ1v) is 7.20. The maximum Gasteiger partial charge on any atom is 0.223 e. The van der Waals surface area contributed by atoms with E-state index in [0.717, 1.165) is 12.1 Å². The van der Waals surface area contributed by atoms with Crippen molar-refractivity contribution in [1.82, 2.24) is 4.90 Å². The molecule has 1 amide bonds. The zero-order valence-electron chi connectivity index (χ0n) is 13.1. The Morgan fingerprint density at radius 3 is 2.67 bits per heavy atom. The average molecular weight is 286 g/mol. The molecule has 112 valence electrons. The summed E-state index contributed by atoms with van der Waals surface area (Å²) in [6, 6.07) is 7.57. The van der Waals surface area contributed by atoms with Crippen molar-refractivity contribution in [3.63, 3.8) is 0 Å². The fourth-order valence-corrected chi connectivity index (χ4v) is 2.65. The van der Waals surface area contributed by atoms with Crippen molar-refractivity contribution in [3.8, 4) is 11.8 Å². The van der Waals surface area contributed by atoms with Crippen molar-refractivity contribution < 1.29 is 9.53 Å². The van der Waals surface area contributed by atoms with Crippen molar-refractivity contribution in [2.45, 2.75) is 33.7 Å². The second-order valence-corrected chi connectivity index (χ2v) is 6.69. The van der Waals surface area contributed by atoms with Crippen LogP contribution in [0.1, 0.15) is 38.3 Å². The third kappa shape index (κ3) is 3.36. The average Bonchev–Trinajstić information content (AvgIpc) is 2.80. The molecule has 1 aromatic rings. The Bertz CT molecular complexity index is 581. The number of hydrogen-bond acceptors (Lipinski definition) is 3. The zero-order chi connectivity index (χ0) is 15.6. The van der Waals surface area contributed by atoms with Crippen LogP contribution in [0.5, 0.6) is 5.75 Å². The second-order valence-electron chi connectivity index (χ2n) is 6.69. The molecule has 2 rings (SSSR count). The Kier molecular flexibility index (Phi) is 4.22. The van der Waals surface area contributed by atoms with Gasteiger partial charge in [-0.3, -0.25) is 4.79 Å². The van der Waals surface area contributed by atoms with E-state index in [9.17, 15) is 4.79 Å². The van der Waals surface area contributed by atoms with E-state index in [0.29, 0.717) is 30.2 Å². The number of carbonyl (C=O) groups is 1. The lowest BCUT2D eigenvalue weighted by atomic mass is 9.80. The molecule has 4 heteroatoms. The van der Waals surface area contributed by atoms with E-state index in [1.165, 1.54) is 0 Å². The molecule has 1 aliphatic heterocycles. The van der Waals surface area contributed by atoms with Gasteiger partial charge in [-0.25, -0.2) is 0 Å². The van der Waals surface area contributed by atoms with Gasteiger partial charge in [0.15, 0.2) is 0 Å². The van der Waals surface area contributed by atoms with Gasteiger partial charge in [0, 0.05) is 19.5 Å². The molecule has 1 fully saturated rings. The highest BCUT2D eigenvalue weighted by molar-refractivity contribution is 5.78. The van der Waals surface area contributed by atoms with Gasteiger partial charge in [0.05, 0.1) is 12.7 Å². The molecule has 1 atom stereocenters. The molecule has 1 aromatic carbocycles. The molecule has 1 saturated heterocycles. The maximum absolute atomic E-state index is 12.2. The van der Waals surface area contributed by atoms with Crippen LogP contribution >= 0.6 is 0 Å². The number of nitrogens with zero attached hydrogens (tertiary/aromatic N) is 2. The van der Waals surface area contributed by atoms with Gasteiger partial charge < -0.3 is 9.64 Å². The molecule has 4 nitrogen and oxygen atoms in total. The molecule has 1 heterocycles. The summed E-state index contributed by atoms with van der Waals surface area (Å²) in [5, 5.41) is 9.00. The second kappa shape index (κ2) is 5.77. The largest absolute Gasteiger partial charge is 0.495 e. The number of methoxy groups -OCH3 is 1. The van der Waals surface area contributed by atoms with Crippen molar-refractivity contribution in [1.29, 1.82) is 5.26 Å². The molecule has 1 aliphatic rings. The van der Waals surface area contributed by atoms with E-state index < -0.39 is 0 Å². The van der Waals surface area contributed by atoms with E-state index in [2.05, 4.69) is 26.8 Å². The van der Waals surface area contributed by atoms with Gasteiger partial charge in [-0.1, -0.05) is 26.8 Å². The number of benzene rings is 1. The summed E-state index contributed by atoms with van der Waals surface area (Å²) in [6.07, 6.45) is 0.622. The Morgan fingerprint density at radius 1 is 1.43 bits per heavy atom. The lowest BCUT2D eigenvalue weighted by Crippen LogP contribution is -2.27. The summed E-state index contributed by atoms with van der Waals surface area (Å²) < 4.78 is 5.22. The predicted octanol–water partition coefficient (Wildman–Crippen LogP) is 2.96. The van der Waals surface area contributed by atoms with E-state index in [4.69, 9.17) is 10.00 Å². The molecule has 0 aliphatic carbocycles. The van der Waals surface area contributed by atoms with Crippen LogP contribution in [-0.2, 0) is 11.3 Å². The van der Waals surface area contributed by atoms with Crippen molar-refractivity contribution in [3.05, 3.63) is 29.3 Å². The van der Waals surface area contributed by atoms with Crippen LogP contribution < -0.4 is 4.74 Å². The number of amides is 1. The highest BCUT2D eigenvalue weighted by Gasteiger charge is 2.36. The first-order valence-electron chi connectivity index (χ1n) is 7.20. The number of nitriles is 1. The van der Waals surface area contributed by atoms with Crippen LogP contribution in [0.4, 0.5) is 0 Å². The van der Waals surface area contributed by atoms with Crippen molar-refractivity contribution in [2.24, 2.45) is 11.3 Å². The van der Waals surface area contributed by atoms with Gasteiger partial charge in [-0.05, 0) is 29.0 Å². The third-order valence-corrected chi connectivity index (χ3v) is 4.20. The quantitative estimate of drug-likeness (QED) is 0.858. The fraction of sp³-hybridized carbons (Fsp3) is 0.529. The molecular weight excluding hydrogens is 264 g/mol. The van der Waals surface area contributed by atoms with Gasteiger partial charge in [0.2, 0.25) is 5.91 Å². The Morgan fingerprint density at radius 2 is 2.14 bits per heavy atom. The van der Waals surface area contributed by atoms with Gasteiger partial charge in [-0.2, -0.15) is 5.26 Å². The lowest BCUT2D eigenvalue weighted by molar-refractivity contribution is -0.128. The summed E-state index contributed by atoms with van der Waals surface area (Å²) in [6.45, 7) is 7.91. The Hall–Kier alpha value is -2.02. The molecule has 1 unspecified atom stereocenters. The molecule has 0 radical (unpaired) electrons. The van der Waals surface area contributed by atoms with Crippen LogP contribution in [-0.4, -0.2) is 24.5 Å². The van der Waals surface area contributed by atoms with Crippen LogP contribution in [0.2, 0.25) is 0 Å². The van der Waals surface area contributed by atoms with Gasteiger partial charge >= 0.3 is 0 Å². The molecule has 0 bridgehead atoms. The van der Waals surface area contributed by atoms with Crippen molar-refractivity contribution in [2.75, 3.05) is 13.7 Å². The maximum atomic E-state index is 12.2. The van der Waals surface area contributed by atoms with Crippen LogP contribution in [0.3, 0.4) is 0 Å². The highest BCUT2D eigenvalue weighted by Crippen LogP contribution is 2.35. The zero-order valence-corrected chi connectivity index (χ0v) is 13.1. The SMILES string of the molecule is COc1cc(CN2CC(C(C)(C)C)CC2=O)ccc1C#N. The highest BCUT2D eigenvalue weighted by atomic mass is 16.5. The van der Waals surface area contributed by atoms with E-state index in [-0.39, 0.29) is 11.3 Å². The van der Waals surface area contributed by atoms with Crippen LogP contribution in [0, 0.1) is 22.7 Å². The number of carbonyl (C=O) groups excluding carboxylic acids is 1. The minimum Gasteiger partial charge on any atom is -0.495 e. The van der Waals surface area contributed by atoms with Gasteiger partial charge in [0.1, 0.15) is 11.8 Å². The molecule has 0 saturated carbocycles. The molecule has 0 N–H and O–H groups in total. The first-order chi connectivity index (χ1) is 9.85. The summed E-state index contributed by atoms with van der Waals surface area (Å²) in [7, 11) is 1.55. The van der Waals surface area contributed by atoms with Crippen molar-refractivity contribution >= 4 is 5.91 Å².